The summed E-state index contributed by atoms with van der Waals surface area (Å²) in [6, 6.07) is 5.81. The fraction of sp³-hybridized carbons (Fsp3) is 0.619. The highest BCUT2D eigenvalue weighted by Crippen LogP contribution is 2.24. The number of benzene rings is 1. The van der Waals surface area contributed by atoms with Crippen LogP contribution in [0.15, 0.2) is 29.2 Å². The fourth-order valence-corrected chi connectivity index (χ4v) is 5.29. The first kappa shape index (κ1) is 22.7. The summed E-state index contributed by atoms with van der Waals surface area (Å²) in [6.45, 7) is 4.86. The molecule has 1 N–H and O–H groups in total. The minimum Gasteiger partial charge on any atom is -0.449 e. The number of morpholine rings is 1. The van der Waals surface area contributed by atoms with Crippen LogP contribution in [-0.2, 0) is 24.3 Å². The molecule has 3 atom stereocenters. The molecule has 3 rings (SSSR count). The van der Waals surface area contributed by atoms with Crippen molar-refractivity contribution in [2.75, 3.05) is 26.3 Å². The predicted octanol–water partition coefficient (Wildman–Crippen LogP) is 1.95. The Labute approximate surface area is 178 Å². The van der Waals surface area contributed by atoms with Crippen LogP contribution in [0.25, 0.3) is 0 Å². The molecule has 166 valence electrons. The standard InChI is InChI=1S/C21H30N2O6S/c1-15-6-3-4-9-19(15)22-20(24)16(2)29-21(25)17-7-5-8-18(14-17)30(26,27)23-10-12-28-13-11-23/h5,7-8,14-16,19H,3-4,6,9-13H2,1-2H3,(H,22,24)/t15-,16+,19-/m0/s1. The zero-order chi connectivity index (χ0) is 21.7. The van der Waals surface area contributed by atoms with Crippen molar-refractivity contribution in [3.8, 4) is 0 Å². The second kappa shape index (κ2) is 9.89. The number of esters is 1. The molecule has 0 spiro atoms. The molecule has 1 aliphatic heterocycles. The molecule has 2 aliphatic rings. The normalized spacial score (nSPS) is 24.1. The first-order chi connectivity index (χ1) is 14.3. The average Bonchev–Trinajstić information content (AvgIpc) is 2.76. The average molecular weight is 439 g/mol. The van der Waals surface area contributed by atoms with Crippen LogP contribution in [0.5, 0.6) is 0 Å². The Morgan fingerprint density at radius 3 is 2.60 bits per heavy atom. The van der Waals surface area contributed by atoms with Crippen LogP contribution >= 0.6 is 0 Å². The van der Waals surface area contributed by atoms with E-state index in [1.165, 1.54) is 41.9 Å². The minimum atomic E-state index is -3.72. The summed E-state index contributed by atoms with van der Waals surface area (Å²) in [5.74, 6) is -0.666. The molecule has 0 bridgehead atoms. The third-order valence-electron chi connectivity index (χ3n) is 5.77. The molecule has 8 nitrogen and oxygen atoms in total. The minimum absolute atomic E-state index is 0.0204. The van der Waals surface area contributed by atoms with Gasteiger partial charge in [0.15, 0.2) is 6.10 Å². The van der Waals surface area contributed by atoms with Gasteiger partial charge in [0.1, 0.15) is 0 Å². The van der Waals surface area contributed by atoms with Crippen molar-refractivity contribution in [2.24, 2.45) is 5.92 Å². The van der Waals surface area contributed by atoms with E-state index in [1.54, 1.807) is 0 Å². The van der Waals surface area contributed by atoms with Crippen molar-refractivity contribution in [1.29, 1.82) is 0 Å². The molecule has 0 aromatic heterocycles. The predicted molar refractivity (Wildman–Crippen MR) is 110 cm³/mol. The number of nitrogens with one attached hydrogen (secondary N) is 1. The van der Waals surface area contributed by atoms with Crippen LogP contribution in [0.3, 0.4) is 0 Å². The van der Waals surface area contributed by atoms with Gasteiger partial charge >= 0.3 is 5.97 Å². The molecule has 2 fully saturated rings. The number of carbonyl (C=O) groups excluding carboxylic acids is 2. The van der Waals surface area contributed by atoms with E-state index in [-0.39, 0.29) is 35.5 Å². The summed E-state index contributed by atoms with van der Waals surface area (Å²) in [7, 11) is -3.72. The van der Waals surface area contributed by atoms with Gasteiger partial charge in [0.2, 0.25) is 10.0 Å². The van der Waals surface area contributed by atoms with E-state index < -0.39 is 22.1 Å². The molecule has 1 heterocycles. The third kappa shape index (κ3) is 5.39. The number of hydrogen-bond acceptors (Lipinski definition) is 6. The Balaban J connectivity index is 1.63. The van der Waals surface area contributed by atoms with Crippen LogP contribution in [0, 0.1) is 5.92 Å². The van der Waals surface area contributed by atoms with Crippen molar-refractivity contribution in [2.45, 2.75) is 56.6 Å². The maximum absolute atomic E-state index is 12.8. The van der Waals surface area contributed by atoms with Crippen LogP contribution < -0.4 is 5.32 Å². The Bertz CT molecular complexity index is 866. The lowest BCUT2D eigenvalue weighted by molar-refractivity contribution is -0.130. The molecular formula is C21H30N2O6S. The SMILES string of the molecule is C[C@@H](OC(=O)c1cccc(S(=O)(=O)N2CCOCC2)c1)C(=O)N[C@H]1CCCC[C@@H]1C. The zero-order valence-corrected chi connectivity index (χ0v) is 18.3. The van der Waals surface area contributed by atoms with Crippen molar-refractivity contribution < 1.29 is 27.5 Å². The summed E-state index contributed by atoms with van der Waals surface area (Å²) in [4.78, 5) is 25.0. The van der Waals surface area contributed by atoms with Crippen molar-refractivity contribution >= 4 is 21.9 Å². The number of sulfonamides is 1. The van der Waals surface area contributed by atoms with E-state index in [0.29, 0.717) is 19.1 Å². The van der Waals surface area contributed by atoms with Gasteiger partial charge in [0.25, 0.3) is 5.91 Å². The second-order valence-electron chi connectivity index (χ2n) is 7.97. The molecule has 1 aromatic rings. The monoisotopic (exact) mass is 438 g/mol. The molecule has 1 aromatic carbocycles. The topological polar surface area (TPSA) is 102 Å². The van der Waals surface area contributed by atoms with E-state index in [0.717, 1.165) is 19.3 Å². The van der Waals surface area contributed by atoms with E-state index in [9.17, 15) is 18.0 Å². The van der Waals surface area contributed by atoms with Gasteiger partial charge in [-0.2, -0.15) is 4.31 Å². The zero-order valence-electron chi connectivity index (χ0n) is 17.5. The number of ether oxygens (including phenoxy) is 2. The van der Waals surface area contributed by atoms with E-state index in [1.807, 2.05) is 0 Å². The Morgan fingerprint density at radius 1 is 1.20 bits per heavy atom. The number of amides is 1. The molecule has 30 heavy (non-hydrogen) atoms. The largest absolute Gasteiger partial charge is 0.449 e. The molecule has 0 unspecified atom stereocenters. The molecule has 0 radical (unpaired) electrons. The lowest BCUT2D eigenvalue weighted by Crippen LogP contribution is -2.46. The van der Waals surface area contributed by atoms with Crippen molar-refractivity contribution in [3.63, 3.8) is 0 Å². The Morgan fingerprint density at radius 2 is 1.90 bits per heavy atom. The van der Waals surface area contributed by atoms with E-state index in [2.05, 4.69) is 12.2 Å². The lowest BCUT2D eigenvalue weighted by atomic mass is 9.86. The quantitative estimate of drug-likeness (QED) is 0.681. The third-order valence-corrected chi connectivity index (χ3v) is 7.66. The van der Waals surface area contributed by atoms with Gasteiger partial charge in [-0.15, -0.1) is 0 Å². The van der Waals surface area contributed by atoms with Gasteiger partial charge in [0, 0.05) is 19.1 Å². The highest BCUT2D eigenvalue weighted by molar-refractivity contribution is 7.89. The molecule has 1 aliphatic carbocycles. The maximum Gasteiger partial charge on any atom is 0.338 e. The summed E-state index contributed by atoms with van der Waals surface area (Å²) in [5, 5.41) is 2.97. The first-order valence-corrected chi connectivity index (χ1v) is 11.9. The fourth-order valence-electron chi connectivity index (χ4n) is 3.83. The Hall–Kier alpha value is -1.97. The van der Waals surface area contributed by atoms with E-state index >= 15 is 0 Å². The lowest BCUT2D eigenvalue weighted by Gasteiger charge is -2.30. The van der Waals surface area contributed by atoms with Gasteiger partial charge in [-0.3, -0.25) is 4.79 Å². The van der Waals surface area contributed by atoms with Gasteiger partial charge < -0.3 is 14.8 Å². The van der Waals surface area contributed by atoms with Crippen molar-refractivity contribution in [1.82, 2.24) is 9.62 Å². The smallest absolute Gasteiger partial charge is 0.338 e. The van der Waals surface area contributed by atoms with Gasteiger partial charge in [-0.05, 0) is 43.9 Å². The van der Waals surface area contributed by atoms with Crippen LogP contribution in [0.4, 0.5) is 0 Å². The van der Waals surface area contributed by atoms with Gasteiger partial charge in [-0.1, -0.05) is 25.8 Å². The Kier molecular flexibility index (Phi) is 7.49. The number of rotatable bonds is 6. The van der Waals surface area contributed by atoms with Crippen LogP contribution in [-0.4, -0.2) is 63.0 Å². The number of carbonyl (C=O) groups is 2. The number of hydrogen-bond donors (Lipinski definition) is 1. The second-order valence-corrected chi connectivity index (χ2v) is 9.91. The summed E-state index contributed by atoms with van der Waals surface area (Å²) in [5.41, 5.74) is 0.0926. The first-order valence-electron chi connectivity index (χ1n) is 10.5. The van der Waals surface area contributed by atoms with Gasteiger partial charge in [-0.25, -0.2) is 13.2 Å². The molecule has 9 heteroatoms. The van der Waals surface area contributed by atoms with Crippen LogP contribution in [0.1, 0.15) is 49.9 Å². The summed E-state index contributed by atoms with van der Waals surface area (Å²) in [6.07, 6.45) is 3.28. The molecule has 1 amide bonds. The highest BCUT2D eigenvalue weighted by Gasteiger charge is 2.29. The van der Waals surface area contributed by atoms with Crippen LogP contribution in [0.2, 0.25) is 0 Å². The van der Waals surface area contributed by atoms with Crippen molar-refractivity contribution in [3.05, 3.63) is 29.8 Å². The summed E-state index contributed by atoms with van der Waals surface area (Å²) >= 11 is 0. The maximum atomic E-state index is 12.8. The van der Waals surface area contributed by atoms with E-state index in [4.69, 9.17) is 9.47 Å². The highest BCUT2D eigenvalue weighted by atomic mass is 32.2. The number of nitrogens with zero attached hydrogens (tertiary/aromatic N) is 1. The molecular weight excluding hydrogens is 408 g/mol. The molecule has 1 saturated carbocycles. The van der Waals surface area contributed by atoms with Gasteiger partial charge in [0.05, 0.1) is 23.7 Å². The molecule has 1 saturated heterocycles. The summed E-state index contributed by atoms with van der Waals surface area (Å²) < 4.78 is 37.4.